The van der Waals surface area contributed by atoms with Crippen molar-refractivity contribution in [3.05, 3.63) is 56.2 Å². The number of benzene rings is 1. The molecule has 0 saturated heterocycles. The molecule has 0 atom stereocenters. The Hall–Kier alpha value is -2.41. The van der Waals surface area contributed by atoms with Crippen molar-refractivity contribution in [2.24, 2.45) is 0 Å². The van der Waals surface area contributed by atoms with Gasteiger partial charge in [0.25, 0.3) is 11.5 Å². The Morgan fingerprint density at radius 1 is 1.43 bits per heavy atom. The van der Waals surface area contributed by atoms with Gasteiger partial charge >= 0.3 is 0 Å². The second kappa shape index (κ2) is 6.36. The second-order valence-corrected chi connectivity index (χ2v) is 4.99. The largest absolute Gasteiger partial charge is 0.507 e. The smallest absolute Gasteiger partial charge is 0.263 e. The standard InChI is InChI=1S/C14H12BrN3O3/c1-16-13(20)9-7-17-12(18-14(9)21)5-3-8-2-4-11(19)10(15)6-8/h2-7,19H,1H3,(H,16,20)(H,17,18,21)/b5-3+. The summed E-state index contributed by atoms with van der Waals surface area (Å²) in [4.78, 5) is 29.6. The number of rotatable bonds is 3. The highest BCUT2D eigenvalue weighted by atomic mass is 79.9. The van der Waals surface area contributed by atoms with Gasteiger partial charge in [0.2, 0.25) is 0 Å². The van der Waals surface area contributed by atoms with Crippen molar-refractivity contribution >= 4 is 34.0 Å². The highest BCUT2D eigenvalue weighted by Crippen LogP contribution is 2.24. The number of H-pyrrole nitrogens is 1. The molecule has 0 aliphatic carbocycles. The quantitative estimate of drug-likeness (QED) is 0.786. The van der Waals surface area contributed by atoms with E-state index in [1.165, 1.54) is 13.2 Å². The molecule has 0 fully saturated rings. The van der Waals surface area contributed by atoms with Gasteiger partial charge in [-0.05, 0) is 39.7 Å². The number of hydrogen-bond acceptors (Lipinski definition) is 4. The van der Waals surface area contributed by atoms with Gasteiger partial charge in [0.1, 0.15) is 17.1 Å². The van der Waals surface area contributed by atoms with Crippen LogP contribution in [0.25, 0.3) is 12.2 Å². The summed E-state index contributed by atoms with van der Waals surface area (Å²) in [6.45, 7) is 0. The van der Waals surface area contributed by atoms with Crippen LogP contribution in [-0.2, 0) is 0 Å². The number of aromatic nitrogens is 2. The number of carbonyl (C=O) groups is 1. The highest BCUT2D eigenvalue weighted by molar-refractivity contribution is 9.10. The molecule has 1 heterocycles. The minimum absolute atomic E-state index is 0.0398. The average molecular weight is 350 g/mol. The fourth-order valence-electron chi connectivity index (χ4n) is 1.59. The summed E-state index contributed by atoms with van der Waals surface area (Å²) in [5, 5.41) is 11.8. The first-order valence-electron chi connectivity index (χ1n) is 5.99. The molecule has 2 aromatic rings. The van der Waals surface area contributed by atoms with Crippen LogP contribution in [0, 0.1) is 0 Å². The minimum atomic E-state index is -0.504. The van der Waals surface area contributed by atoms with E-state index in [1.807, 2.05) is 0 Å². The van der Waals surface area contributed by atoms with Crippen molar-refractivity contribution in [1.82, 2.24) is 15.3 Å². The van der Waals surface area contributed by atoms with Crippen molar-refractivity contribution < 1.29 is 9.90 Å². The van der Waals surface area contributed by atoms with Gasteiger partial charge in [0, 0.05) is 13.2 Å². The highest BCUT2D eigenvalue weighted by Gasteiger charge is 2.08. The van der Waals surface area contributed by atoms with Gasteiger partial charge in [0.15, 0.2) is 0 Å². The number of nitrogens with one attached hydrogen (secondary N) is 2. The van der Waals surface area contributed by atoms with Gasteiger partial charge in [-0.25, -0.2) is 4.98 Å². The fourth-order valence-corrected chi connectivity index (χ4v) is 1.99. The number of aromatic amines is 1. The predicted octanol–water partition coefficient (Wildman–Crippen LogP) is 1.77. The van der Waals surface area contributed by atoms with Crippen LogP contribution in [0.1, 0.15) is 21.7 Å². The third kappa shape index (κ3) is 3.57. The summed E-state index contributed by atoms with van der Waals surface area (Å²) in [6, 6.07) is 4.99. The maximum absolute atomic E-state index is 11.7. The predicted molar refractivity (Wildman–Crippen MR) is 83.0 cm³/mol. The third-order valence-corrected chi connectivity index (χ3v) is 3.33. The van der Waals surface area contributed by atoms with Gasteiger partial charge in [-0.2, -0.15) is 0 Å². The van der Waals surface area contributed by atoms with E-state index in [-0.39, 0.29) is 11.3 Å². The van der Waals surface area contributed by atoms with Crippen molar-refractivity contribution in [2.75, 3.05) is 7.05 Å². The lowest BCUT2D eigenvalue weighted by molar-refractivity contribution is 0.0961. The Morgan fingerprint density at radius 3 is 2.81 bits per heavy atom. The molecule has 1 amide bonds. The van der Waals surface area contributed by atoms with E-state index < -0.39 is 11.5 Å². The number of phenols is 1. The molecule has 0 aliphatic rings. The first kappa shape index (κ1) is 15.0. The lowest BCUT2D eigenvalue weighted by Gasteiger charge is -2.00. The van der Waals surface area contributed by atoms with Crippen molar-refractivity contribution in [3.8, 4) is 5.75 Å². The second-order valence-electron chi connectivity index (χ2n) is 4.13. The molecule has 108 valence electrons. The molecule has 0 aliphatic heterocycles. The van der Waals surface area contributed by atoms with Crippen LogP contribution in [0.2, 0.25) is 0 Å². The van der Waals surface area contributed by atoms with E-state index in [1.54, 1.807) is 30.4 Å². The van der Waals surface area contributed by atoms with Crippen LogP contribution in [0.5, 0.6) is 5.75 Å². The molecule has 6 nitrogen and oxygen atoms in total. The molecule has 0 radical (unpaired) electrons. The first-order valence-corrected chi connectivity index (χ1v) is 6.78. The summed E-state index contributed by atoms with van der Waals surface area (Å²) < 4.78 is 0.570. The van der Waals surface area contributed by atoms with Crippen molar-refractivity contribution in [1.29, 1.82) is 0 Å². The fraction of sp³-hybridized carbons (Fsp3) is 0.0714. The van der Waals surface area contributed by atoms with Crippen LogP contribution >= 0.6 is 15.9 Å². The van der Waals surface area contributed by atoms with Gasteiger partial charge < -0.3 is 15.4 Å². The Kier molecular flexibility index (Phi) is 4.54. The van der Waals surface area contributed by atoms with Gasteiger partial charge in [-0.1, -0.05) is 12.1 Å². The summed E-state index contributed by atoms with van der Waals surface area (Å²) in [5.74, 6) is -0.00721. The Bertz CT molecular complexity index is 768. The van der Waals surface area contributed by atoms with Crippen molar-refractivity contribution in [2.45, 2.75) is 0 Å². The summed E-state index contributed by atoms with van der Waals surface area (Å²) in [7, 11) is 1.44. The number of halogens is 1. The number of hydrogen-bond donors (Lipinski definition) is 3. The first-order chi connectivity index (χ1) is 10.0. The molecule has 0 unspecified atom stereocenters. The topological polar surface area (TPSA) is 95.1 Å². The molecule has 2 rings (SSSR count). The average Bonchev–Trinajstić information content (AvgIpc) is 2.48. The number of amides is 1. The Labute approximate surface area is 128 Å². The van der Waals surface area contributed by atoms with Gasteiger partial charge in [-0.15, -0.1) is 0 Å². The lowest BCUT2D eigenvalue weighted by atomic mass is 10.2. The number of nitrogens with zero attached hydrogens (tertiary/aromatic N) is 1. The summed E-state index contributed by atoms with van der Waals surface area (Å²) in [6.07, 6.45) is 4.56. The van der Waals surface area contributed by atoms with Crippen molar-refractivity contribution in [3.63, 3.8) is 0 Å². The van der Waals surface area contributed by atoms with E-state index in [4.69, 9.17) is 0 Å². The van der Waals surface area contributed by atoms with Crippen LogP contribution < -0.4 is 10.9 Å². The normalized spacial score (nSPS) is 10.8. The molecule has 1 aromatic carbocycles. The molecule has 0 spiro atoms. The monoisotopic (exact) mass is 349 g/mol. The van der Waals surface area contributed by atoms with E-state index in [2.05, 4.69) is 31.2 Å². The van der Waals surface area contributed by atoms with Crippen LogP contribution in [0.4, 0.5) is 0 Å². The Balaban J connectivity index is 2.25. The molecular weight excluding hydrogens is 338 g/mol. The third-order valence-electron chi connectivity index (χ3n) is 2.70. The molecule has 7 heteroatoms. The van der Waals surface area contributed by atoms with E-state index >= 15 is 0 Å². The lowest BCUT2D eigenvalue weighted by Crippen LogP contribution is -2.27. The maximum Gasteiger partial charge on any atom is 0.263 e. The van der Waals surface area contributed by atoms with Crippen LogP contribution in [0.3, 0.4) is 0 Å². The molecule has 1 aromatic heterocycles. The molecule has 0 bridgehead atoms. The number of phenolic OH excluding ortho intramolecular Hbond substituents is 1. The van der Waals surface area contributed by atoms with Crippen LogP contribution in [0.15, 0.2) is 33.7 Å². The van der Waals surface area contributed by atoms with Crippen LogP contribution in [-0.4, -0.2) is 28.0 Å². The van der Waals surface area contributed by atoms with E-state index in [0.717, 1.165) is 5.56 Å². The zero-order valence-electron chi connectivity index (χ0n) is 11.1. The zero-order valence-corrected chi connectivity index (χ0v) is 12.6. The Morgan fingerprint density at radius 2 is 2.19 bits per heavy atom. The zero-order chi connectivity index (χ0) is 15.4. The summed E-state index contributed by atoms with van der Waals surface area (Å²) in [5.41, 5.74) is 0.274. The maximum atomic E-state index is 11.7. The summed E-state index contributed by atoms with van der Waals surface area (Å²) >= 11 is 3.22. The van der Waals surface area contributed by atoms with Gasteiger partial charge in [-0.3, -0.25) is 9.59 Å². The van der Waals surface area contributed by atoms with E-state index in [9.17, 15) is 14.7 Å². The van der Waals surface area contributed by atoms with E-state index in [0.29, 0.717) is 10.3 Å². The molecule has 0 saturated carbocycles. The number of carbonyl (C=O) groups excluding carboxylic acids is 1. The van der Waals surface area contributed by atoms with Gasteiger partial charge in [0.05, 0.1) is 4.47 Å². The molecular formula is C14H12BrN3O3. The SMILES string of the molecule is CNC(=O)c1cnc(/C=C/c2ccc(O)c(Br)c2)[nH]c1=O. The number of aromatic hydroxyl groups is 1. The minimum Gasteiger partial charge on any atom is -0.507 e. The molecule has 3 N–H and O–H groups in total. The molecule has 21 heavy (non-hydrogen) atoms.